The van der Waals surface area contributed by atoms with Crippen LogP contribution in [0, 0.1) is 0 Å². The molecule has 116 valence electrons. The van der Waals surface area contributed by atoms with Crippen LogP contribution in [0.2, 0.25) is 0 Å². The number of ether oxygens (including phenoxy) is 1. The van der Waals surface area contributed by atoms with E-state index in [1.54, 1.807) is 0 Å². The molecule has 3 N–H and O–H groups in total. The van der Waals surface area contributed by atoms with Crippen molar-refractivity contribution in [3.05, 3.63) is 33.1 Å². The van der Waals surface area contributed by atoms with Crippen LogP contribution in [0.1, 0.15) is 13.2 Å². The number of alkyl halides is 1. The largest absolute Gasteiger partial charge is 0.695 e. The highest BCUT2D eigenvalue weighted by atomic mass is 31.1. The van der Waals surface area contributed by atoms with Gasteiger partial charge in [-0.1, -0.05) is 0 Å². The fraction of sp³-hybridized carbons (Fsp3) is 0.600. The fourth-order valence-electron chi connectivity index (χ4n) is 2.11. The Morgan fingerprint density at radius 1 is 1.57 bits per heavy atom. The molecule has 1 aromatic rings. The summed E-state index contributed by atoms with van der Waals surface area (Å²) in [6.45, 7) is 1.29. The van der Waals surface area contributed by atoms with Gasteiger partial charge < -0.3 is 9.84 Å². The van der Waals surface area contributed by atoms with Gasteiger partial charge in [0.05, 0.1) is 6.10 Å². The van der Waals surface area contributed by atoms with Crippen LogP contribution in [0.15, 0.2) is 21.9 Å². The van der Waals surface area contributed by atoms with E-state index in [1.165, 1.54) is 6.92 Å². The van der Waals surface area contributed by atoms with E-state index in [1.807, 2.05) is 4.98 Å². The van der Waals surface area contributed by atoms with Gasteiger partial charge in [0, 0.05) is 16.8 Å². The molecular weight excluding hydrogens is 310 g/mol. The monoisotopic (exact) mass is 323 g/mol. The molecule has 0 bridgehead atoms. The Labute approximate surface area is 117 Å². The first-order valence-corrected chi connectivity index (χ1v) is 7.06. The summed E-state index contributed by atoms with van der Waals surface area (Å²) in [5, 5.41) is 9.54. The van der Waals surface area contributed by atoms with Crippen molar-refractivity contribution >= 4 is 8.25 Å². The Hall–Kier alpha value is -1.45. The molecule has 1 aliphatic rings. The van der Waals surface area contributed by atoms with Crippen molar-refractivity contribution < 1.29 is 28.2 Å². The average molecular weight is 323 g/mol. The lowest BCUT2D eigenvalue weighted by Crippen LogP contribution is -2.37. The summed E-state index contributed by atoms with van der Waals surface area (Å²) < 4.78 is 35.6. The van der Waals surface area contributed by atoms with E-state index >= 15 is 0 Å². The Bertz CT molecular complexity index is 645. The molecule has 0 aromatic carbocycles. The van der Waals surface area contributed by atoms with Crippen LogP contribution < -0.4 is 11.2 Å². The van der Waals surface area contributed by atoms with E-state index in [9.17, 15) is 23.7 Å². The number of aliphatic hydroxyl groups excluding tert-OH is 1. The molecule has 0 radical (unpaired) electrons. The standard InChI is InChI=1S/C10H12FN2O7P/c1-4(14)7-8(20-21(17)18)6(11)9(19-7)13-3-2-5(15)12-10(13)16/h2-4,6-9,14H,1H3,(H-,12,15,16,17,18)/p+1/t4-,6?,7?,8?,9?/m1/s1. The maximum atomic E-state index is 14.3. The summed E-state index contributed by atoms with van der Waals surface area (Å²) in [6, 6.07) is 0.996. The Kier molecular flexibility index (Phi) is 4.64. The second kappa shape index (κ2) is 6.12. The SMILES string of the molecule is C[C@@H](O)C1OC(n2ccc(=O)[nH]c2=O)C(F)C1O[P+](=O)O. The number of hydrogen-bond donors (Lipinski definition) is 3. The van der Waals surface area contributed by atoms with Gasteiger partial charge >= 0.3 is 13.9 Å². The Morgan fingerprint density at radius 3 is 2.76 bits per heavy atom. The average Bonchev–Trinajstić information content (AvgIpc) is 2.67. The maximum Gasteiger partial charge on any atom is 0.695 e. The number of halogens is 1. The van der Waals surface area contributed by atoms with E-state index in [-0.39, 0.29) is 0 Å². The first-order valence-electron chi connectivity index (χ1n) is 5.93. The van der Waals surface area contributed by atoms with E-state index in [4.69, 9.17) is 9.63 Å². The Morgan fingerprint density at radius 2 is 2.24 bits per heavy atom. The van der Waals surface area contributed by atoms with Gasteiger partial charge in [0.1, 0.15) is 6.10 Å². The van der Waals surface area contributed by atoms with Crippen LogP contribution in [0.5, 0.6) is 0 Å². The molecule has 1 saturated heterocycles. The van der Waals surface area contributed by atoms with Crippen LogP contribution in [0.3, 0.4) is 0 Å². The van der Waals surface area contributed by atoms with E-state index in [0.29, 0.717) is 0 Å². The molecule has 6 atom stereocenters. The zero-order chi connectivity index (χ0) is 15.7. The molecule has 1 fully saturated rings. The van der Waals surface area contributed by atoms with Crippen molar-refractivity contribution in [2.75, 3.05) is 0 Å². The van der Waals surface area contributed by atoms with Gasteiger partial charge in [-0.3, -0.25) is 14.3 Å². The van der Waals surface area contributed by atoms with Crippen molar-refractivity contribution in [2.45, 2.75) is 37.6 Å². The second-order valence-electron chi connectivity index (χ2n) is 4.50. The highest BCUT2D eigenvalue weighted by Crippen LogP contribution is 2.38. The highest BCUT2D eigenvalue weighted by molar-refractivity contribution is 7.32. The third-order valence-corrected chi connectivity index (χ3v) is 3.44. The van der Waals surface area contributed by atoms with Crippen molar-refractivity contribution in [2.24, 2.45) is 0 Å². The number of aliphatic hydroxyl groups is 1. The van der Waals surface area contributed by atoms with Crippen molar-refractivity contribution in [3.8, 4) is 0 Å². The van der Waals surface area contributed by atoms with Gasteiger partial charge in [-0.15, -0.1) is 9.42 Å². The van der Waals surface area contributed by atoms with E-state index < -0.39 is 50.2 Å². The lowest BCUT2D eigenvalue weighted by Gasteiger charge is -2.17. The number of nitrogens with zero attached hydrogens (tertiary/aromatic N) is 1. The summed E-state index contributed by atoms with van der Waals surface area (Å²) in [4.78, 5) is 33.3. The molecule has 1 aliphatic heterocycles. The molecule has 0 amide bonds. The maximum absolute atomic E-state index is 14.3. The second-order valence-corrected chi connectivity index (χ2v) is 5.19. The number of H-pyrrole nitrogens is 1. The quantitative estimate of drug-likeness (QED) is 0.617. The Balaban J connectivity index is 2.35. The van der Waals surface area contributed by atoms with Gasteiger partial charge in [0.15, 0.2) is 18.5 Å². The van der Waals surface area contributed by atoms with Gasteiger partial charge in [-0.2, -0.15) is 0 Å². The molecule has 1 aromatic heterocycles. The third-order valence-electron chi connectivity index (χ3n) is 3.02. The van der Waals surface area contributed by atoms with E-state index in [0.717, 1.165) is 16.8 Å². The van der Waals surface area contributed by atoms with Crippen molar-refractivity contribution in [1.82, 2.24) is 9.55 Å². The number of aromatic amines is 1. The van der Waals surface area contributed by atoms with Gasteiger partial charge in [-0.05, 0) is 6.92 Å². The van der Waals surface area contributed by atoms with Gasteiger partial charge in [-0.25, -0.2) is 9.18 Å². The van der Waals surface area contributed by atoms with Gasteiger partial charge in [0.25, 0.3) is 5.56 Å². The first-order chi connectivity index (χ1) is 9.81. The molecule has 0 spiro atoms. The summed E-state index contributed by atoms with van der Waals surface area (Å²) in [5.41, 5.74) is -1.57. The van der Waals surface area contributed by atoms with Crippen molar-refractivity contribution in [1.29, 1.82) is 0 Å². The minimum absolute atomic E-state index is 0.664. The summed E-state index contributed by atoms with van der Waals surface area (Å²) in [6.07, 6.45) is -6.42. The molecule has 2 heterocycles. The first kappa shape index (κ1) is 15.9. The minimum atomic E-state index is -3.12. The summed E-state index contributed by atoms with van der Waals surface area (Å²) in [5.74, 6) is 0. The van der Waals surface area contributed by atoms with Crippen LogP contribution >= 0.6 is 8.25 Å². The zero-order valence-electron chi connectivity index (χ0n) is 10.7. The molecule has 21 heavy (non-hydrogen) atoms. The summed E-state index contributed by atoms with van der Waals surface area (Å²) >= 11 is 0. The number of hydrogen-bond acceptors (Lipinski definition) is 6. The smallest absolute Gasteiger partial charge is 0.391 e. The molecular formula is C10H13FN2O7P+. The topological polar surface area (TPSA) is 131 Å². The van der Waals surface area contributed by atoms with Crippen LogP contribution in [-0.4, -0.2) is 44.0 Å². The van der Waals surface area contributed by atoms with E-state index in [2.05, 4.69) is 4.52 Å². The van der Waals surface area contributed by atoms with Gasteiger partial charge in [0.2, 0.25) is 0 Å². The van der Waals surface area contributed by atoms with Crippen LogP contribution in [-0.2, 0) is 13.8 Å². The number of nitrogens with one attached hydrogen (secondary N) is 1. The molecule has 0 aliphatic carbocycles. The molecule has 0 saturated carbocycles. The lowest BCUT2D eigenvalue weighted by atomic mass is 10.1. The van der Waals surface area contributed by atoms with Crippen LogP contribution in [0.4, 0.5) is 4.39 Å². The molecule has 2 rings (SSSR count). The van der Waals surface area contributed by atoms with Crippen molar-refractivity contribution in [3.63, 3.8) is 0 Å². The molecule has 5 unspecified atom stereocenters. The highest BCUT2D eigenvalue weighted by Gasteiger charge is 2.53. The fourth-order valence-corrected chi connectivity index (χ4v) is 2.56. The molecule has 11 heteroatoms. The predicted octanol–water partition coefficient (Wildman–Crippen LogP) is -0.812. The number of rotatable bonds is 4. The predicted molar refractivity (Wildman–Crippen MR) is 66.5 cm³/mol. The minimum Gasteiger partial charge on any atom is -0.391 e. The zero-order valence-corrected chi connectivity index (χ0v) is 11.6. The van der Waals surface area contributed by atoms with Crippen LogP contribution in [0.25, 0.3) is 0 Å². The number of aromatic nitrogens is 2. The lowest BCUT2D eigenvalue weighted by molar-refractivity contribution is -0.0756. The normalized spacial score (nSPS) is 31.1. The third kappa shape index (κ3) is 3.25. The summed E-state index contributed by atoms with van der Waals surface area (Å²) in [7, 11) is -3.12. The molecule has 9 nitrogen and oxygen atoms in total.